The van der Waals surface area contributed by atoms with Crippen molar-refractivity contribution in [1.82, 2.24) is 5.32 Å². The van der Waals surface area contributed by atoms with Crippen molar-refractivity contribution < 1.29 is 0 Å². The van der Waals surface area contributed by atoms with Crippen LogP contribution in [-0.4, -0.2) is 6.54 Å². The average molecular weight is 117 g/mol. The lowest BCUT2D eigenvalue weighted by Gasteiger charge is -1.91. The molecule has 1 aliphatic rings. The van der Waals surface area contributed by atoms with Crippen molar-refractivity contribution >= 4 is 5.69 Å². The lowest BCUT2D eigenvalue weighted by molar-refractivity contribution is 0.909. The van der Waals surface area contributed by atoms with Crippen molar-refractivity contribution in [2.45, 2.75) is 6.42 Å². The van der Waals surface area contributed by atoms with E-state index in [9.17, 15) is 0 Å². The molecule has 9 heavy (non-hydrogen) atoms. The zero-order chi connectivity index (χ0) is 6.10. The molecule has 1 aromatic carbocycles. The fourth-order valence-corrected chi connectivity index (χ4v) is 1.11. The third-order valence-electron chi connectivity index (χ3n) is 1.59. The van der Waals surface area contributed by atoms with Gasteiger partial charge in [-0.3, -0.25) is 5.32 Å². The van der Waals surface area contributed by atoms with Gasteiger partial charge in [0.25, 0.3) is 0 Å². The van der Waals surface area contributed by atoms with Gasteiger partial charge in [-0.05, 0) is 24.1 Å². The molecule has 0 aliphatic carbocycles. The molecule has 2 radical (unpaired) electrons. The van der Waals surface area contributed by atoms with Crippen molar-refractivity contribution in [2.75, 3.05) is 6.54 Å². The zero-order valence-corrected chi connectivity index (χ0v) is 5.09. The molecule has 0 amide bonds. The van der Waals surface area contributed by atoms with Crippen molar-refractivity contribution in [3.8, 4) is 0 Å². The Hall–Kier alpha value is -0.980. The smallest absolute Gasteiger partial charge is 0.0613 e. The second-order valence-electron chi connectivity index (χ2n) is 2.19. The standard InChI is InChI=1S/C8H7N/c1-2-4-8-7(3-1)5-6-9-8/h1,3-4H,5-6H2. The average Bonchev–Trinajstić information content (AvgIpc) is 2.33. The Morgan fingerprint density at radius 1 is 1.56 bits per heavy atom. The molecule has 1 heteroatoms. The van der Waals surface area contributed by atoms with Crippen LogP contribution in [0.2, 0.25) is 0 Å². The van der Waals surface area contributed by atoms with E-state index < -0.39 is 0 Å². The Balaban J connectivity index is 2.54. The minimum atomic E-state index is 0.965. The van der Waals surface area contributed by atoms with E-state index in [2.05, 4.69) is 17.4 Å². The first-order valence-electron chi connectivity index (χ1n) is 3.13. The van der Waals surface area contributed by atoms with Crippen LogP contribution in [-0.2, 0) is 6.42 Å². The van der Waals surface area contributed by atoms with Crippen LogP contribution in [0.15, 0.2) is 18.2 Å². The zero-order valence-electron chi connectivity index (χ0n) is 5.09. The molecule has 0 atom stereocenters. The Morgan fingerprint density at radius 3 is 3.44 bits per heavy atom. The second kappa shape index (κ2) is 1.76. The second-order valence-corrected chi connectivity index (χ2v) is 2.19. The van der Waals surface area contributed by atoms with E-state index in [0.29, 0.717) is 0 Å². The fourth-order valence-electron chi connectivity index (χ4n) is 1.11. The lowest BCUT2D eigenvalue weighted by Crippen LogP contribution is -1.88. The highest BCUT2D eigenvalue weighted by Crippen LogP contribution is 2.19. The highest BCUT2D eigenvalue weighted by atomic mass is 14.9. The maximum atomic E-state index is 4.27. The van der Waals surface area contributed by atoms with Crippen LogP contribution in [0, 0.1) is 6.07 Å². The molecule has 1 nitrogen and oxygen atoms in total. The van der Waals surface area contributed by atoms with E-state index in [1.54, 1.807) is 0 Å². The quantitative estimate of drug-likeness (QED) is 0.486. The molecule has 0 unspecified atom stereocenters. The first-order chi connectivity index (χ1) is 4.47. The number of hydrogen-bond donors (Lipinski definition) is 0. The monoisotopic (exact) mass is 117 g/mol. The molecule has 1 aliphatic heterocycles. The Labute approximate surface area is 54.7 Å². The molecule has 1 heterocycles. The largest absolute Gasteiger partial charge is 0.285 e. The molecule has 0 saturated carbocycles. The van der Waals surface area contributed by atoms with E-state index in [1.807, 2.05) is 12.1 Å². The summed E-state index contributed by atoms with van der Waals surface area (Å²) in [5.74, 6) is 0. The number of fused-ring (bicyclic) bond motifs is 1. The van der Waals surface area contributed by atoms with Gasteiger partial charge in [0.15, 0.2) is 0 Å². The number of nitrogens with zero attached hydrogens (tertiary/aromatic N) is 1. The van der Waals surface area contributed by atoms with Gasteiger partial charge >= 0.3 is 0 Å². The SMILES string of the molecule is [c]1ccc2c(c1)[N]CC2. The summed E-state index contributed by atoms with van der Waals surface area (Å²) in [5.41, 5.74) is 2.51. The maximum Gasteiger partial charge on any atom is 0.0613 e. The molecule has 1 aromatic rings. The summed E-state index contributed by atoms with van der Waals surface area (Å²) in [5, 5.41) is 4.27. The van der Waals surface area contributed by atoms with Crippen LogP contribution in [0.25, 0.3) is 0 Å². The Morgan fingerprint density at radius 2 is 2.56 bits per heavy atom. The molecular weight excluding hydrogens is 110 g/mol. The minimum Gasteiger partial charge on any atom is -0.285 e. The van der Waals surface area contributed by atoms with Crippen molar-refractivity contribution in [1.29, 1.82) is 0 Å². The number of benzene rings is 1. The van der Waals surface area contributed by atoms with Gasteiger partial charge in [-0.25, -0.2) is 0 Å². The molecule has 0 bridgehead atoms. The van der Waals surface area contributed by atoms with Gasteiger partial charge in [0.05, 0.1) is 5.69 Å². The maximum absolute atomic E-state index is 4.27. The van der Waals surface area contributed by atoms with Gasteiger partial charge in [-0.1, -0.05) is 12.1 Å². The predicted octanol–water partition coefficient (Wildman–Crippen LogP) is 1.28. The van der Waals surface area contributed by atoms with Crippen LogP contribution < -0.4 is 5.32 Å². The highest BCUT2D eigenvalue weighted by molar-refractivity contribution is 5.47. The van der Waals surface area contributed by atoms with Crippen LogP contribution in [0.1, 0.15) is 5.56 Å². The summed E-state index contributed by atoms with van der Waals surface area (Å²) in [4.78, 5) is 0. The minimum absolute atomic E-state index is 0.965. The normalized spacial score (nSPS) is 14.7. The molecule has 0 aromatic heterocycles. The summed E-state index contributed by atoms with van der Waals surface area (Å²) in [6.07, 6.45) is 1.12. The summed E-state index contributed by atoms with van der Waals surface area (Å²) in [7, 11) is 0. The van der Waals surface area contributed by atoms with Gasteiger partial charge in [0.1, 0.15) is 0 Å². The van der Waals surface area contributed by atoms with E-state index in [1.165, 1.54) is 5.56 Å². The Bertz CT molecular complexity index is 195. The third kappa shape index (κ3) is 0.689. The molecule has 0 saturated heterocycles. The lowest BCUT2D eigenvalue weighted by atomic mass is 10.2. The summed E-state index contributed by atoms with van der Waals surface area (Å²) < 4.78 is 0. The van der Waals surface area contributed by atoms with Gasteiger partial charge in [-0.15, -0.1) is 0 Å². The van der Waals surface area contributed by atoms with E-state index in [4.69, 9.17) is 0 Å². The van der Waals surface area contributed by atoms with Crippen LogP contribution in [0.5, 0.6) is 0 Å². The van der Waals surface area contributed by atoms with Crippen molar-refractivity contribution in [3.63, 3.8) is 0 Å². The van der Waals surface area contributed by atoms with E-state index in [0.717, 1.165) is 18.7 Å². The predicted molar refractivity (Wildman–Crippen MR) is 35.6 cm³/mol. The van der Waals surface area contributed by atoms with Gasteiger partial charge < -0.3 is 0 Å². The van der Waals surface area contributed by atoms with Crippen molar-refractivity contribution in [3.05, 3.63) is 29.8 Å². The third-order valence-corrected chi connectivity index (χ3v) is 1.59. The highest BCUT2D eigenvalue weighted by Gasteiger charge is 2.08. The number of rotatable bonds is 0. The first-order valence-corrected chi connectivity index (χ1v) is 3.13. The molecule has 0 N–H and O–H groups in total. The first kappa shape index (κ1) is 4.86. The topological polar surface area (TPSA) is 14.1 Å². The van der Waals surface area contributed by atoms with Gasteiger partial charge in [0.2, 0.25) is 0 Å². The Kier molecular flexibility index (Phi) is 0.950. The van der Waals surface area contributed by atoms with E-state index >= 15 is 0 Å². The molecule has 0 fully saturated rings. The molecular formula is C8H7N. The number of hydrogen-bond acceptors (Lipinski definition) is 0. The van der Waals surface area contributed by atoms with Crippen LogP contribution in [0.3, 0.4) is 0 Å². The van der Waals surface area contributed by atoms with E-state index in [-0.39, 0.29) is 0 Å². The summed E-state index contributed by atoms with van der Waals surface area (Å²) in [6.45, 7) is 0.965. The van der Waals surface area contributed by atoms with Crippen LogP contribution in [0.4, 0.5) is 5.69 Å². The van der Waals surface area contributed by atoms with Crippen molar-refractivity contribution in [2.24, 2.45) is 0 Å². The van der Waals surface area contributed by atoms with Gasteiger partial charge in [-0.2, -0.15) is 0 Å². The van der Waals surface area contributed by atoms with Crippen LogP contribution >= 0.6 is 0 Å². The summed E-state index contributed by atoms with van der Waals surface area (Å²) >= 11 is 0. The molecule has 0 spiro atoms. The molecule has 2 rings (SSSR count). The molecule has 44 valence electrons. The van der Waals surface area contributed by atoms with Gasteiger partial charge in [0, 0.05) is 6.54 Å². The summed E-state index contributed by atoms with van der Waals surface area (Å²) in [6, 6.07) is 8.98. The fraction of sp³-hybridized carbons (Fsp3) is 0.250.